The first-order chi connectivity index (χ1) is 9.76. The molecule has 0 amide bonds. The molecule has 0 aliphatic carbocycles. The van der Waals surface area contributed by atoms with Crippen LogP contribution in [0.25, 0.3) is 11.0 Å². The number of nitrogens with zero attached hydrogens (tertiary/aromatic N) is 1. The van der Waals surface area contributed by atoms with Crippen molar-refractivity contribution in [3.05, 3.63) is 35.6 Å². The van der Waals surface area contributed by atoms with Crippen molar-refractivity contribution in [3.8, 4) is 0 Å². The lowest BCUT2D eigenvalue weighted by Gasteiger charge is -2.16. The van der Waals surface area contributed by atoms with Gasteiger partial charge in [-0.05, 0) is 25.9 Å². The van der Waals surface area contributed by atoms with Crippen molar-refractivity contribution in [2.45, 2.75) is 20.0 Å². The summed E-state index contributed by atoms with van der Waals surface area (Å²) in [5.74, 6) is 2.23. The Bertz CT molecular complexity index is 538. The monoisotopic (exact) mass is 292 g/mol. The van der Waals surface area contributed by atoms with Gasteiger partial charge in [-0.1, -0.05) is 25.1 Å². The number of hydrogen-bond acceptors (Lipinski definition) is 4. The second-order valence-electron chi connectivity index (χ2n) is 5.01. The smallest absolute Gasteiger partial charge is 0.134 e. The fourth-order valence-corrected chi connectivity index (χ4v) is 2.79. The Kier molecular flexibility index (Phi) is 5.95. The van der Waals surface area contributed by atoms with Crippen molar-refractivity contribution >= 4 is 22.7 Å². The van der Waals surface area contributed by atoms with Crippen LogP contribution in [0, 0.1) is 0 Å². The maximum absolute atomic E-state index is 6.01. The highest BCUT2D eigenvalue weighted by molar-refractivity contribution is 7.98. The van der Waals surface area contributed by atoms with Crippen LogP contribution < -0.4 is 5.32 Å². The Hall–Kier alpha value is -0.970. The molecule has 4 heteroatoms. The molecule has 3 nitrogen and oxygen atoms in total. The summed E-state index contributed by atoms with van der Waals surface area (Å²) in [5.41, 5.74) is 2.32. The number of benzene rings is 1. The van der Waals surface area contributed by atoms with Crippen molar-refractivity contribution in [2.75, 3.05) is 32.1 Å². The van der Waals surface area contributed by atoms with Crippen LogP contribution in [0.15, 0.2) is 28.7 Å². The standard InChI is InChI=1S/C16H24N2OS/c1-4-17-11-16-14(12-18(2)9-10-20-3)13-7-5-6-8-15(13)19-16/h5-8,17H,4,9-12H2,1-3H3. The van der Waals surface area contributed by atoms with Crippen molar-refractivity contribution in [3.63, 3.8) is 0 Å². The first-order valence-electron chi connectivity index (χ1n) is 7.13. The lowest BCUT2D eigenvalue weighted by molar-refractivity contribution is 0.344. The molecule has 0 bridgehead atoms. The molecule has 0 atom stereocenters. The Labute approximate surface area is 125 Å². The van der Waals surface area contributed by atoms with Gasteiger partial charge in [0.2, 0.25) is 0 Å². The van der Waals surface area contributed by atoms with Gasteiger partial charge in [0, 0.05) is 29.8 Å². The number of nitrogens with one attached hydrogen (secondary N) is 1. The fourth-order valence-electron chi connectivity index (χ4n) is 2.30. The molecule has 1 N–H and O–H groups in total. The van der Waals surface area contributed by atoms with Gasteiger partial charge in [0.1, 0.15) is 11.3 Å². The van der Waals surface area contributed by atoms with Gasteiger partial charge in [-0.15, -0.1) is 0 Å². The van der Waals surface area contributed by atoms with Crippen molar-refractivity contribution in [2.24, 2.45) is 0 Å². The second kappa shape index (κ2) is 7.72. The quantitative estimate of drug-likeness (QED) is 0.808. The van der Waals surface area contributed by atoms with Crippen molar-refractivity contribution < 1.29 is 4.42 Å². The molecule has 110 valence electrons. The van der Waals surface area contributed by atoms with E-state index in [1.807, 2.05) is 17.8 Å². The summed E-state index contributed by atoms with van der Waals surface area (Å²) in [6, 6.07) is 8.33. The van der Waals surface area contributed by atoms with Crippen LogP contribution in [-0.2, 0) is 13.1 Å². The first-order valence-corrected chi connectivity index (χ1v) is 8.53. The molecular formula is C16H24N2OS. The zero-order valence-electron chi connectivity index (χ0n) is 12.6. The third-order valence-corrected chi connectivity index (χ3v) is 4.01. The predicted molar refractivity (Wildman–Crippen MR) is 88.3 cm³/mol. The Morgan fingerprint density at radius 3 is 2.85 bits per heavy atom. The van der Waals surface area contributed by atoms with Crippen LogP contribution in [-0.4, -0.2) is 37.0 Å². The number of para-hydroxylation sites is 1. The molecule has 2 rings (SSSR count). The third kappa shape index (κ3) is 3.78. The normalized spacial score (nSPS) is 11.6. The molecule has 0 radical (unpaired) electrons. The van der Waals surface area contributed by atoms with Crippen LogP contribution in [0.2, 0.25) is 0 Å². The molecule has 0 saturated heterocycles. The van der Waals surface area contributed by atoms with Crippen molar-refractivity contribution in [1.82, 2.24) is 10.2 Å². The number of fused-ring (bicyclic) bond motifs is 1. The van der Waals surface area contributed by atoms with Gasteiger partial charge >= 0.3 is 0 Å². The van der Waals surface area contributed by atoms with Gasteiger partial charge in [-0.25, -0.2) is 0 Å². The molecule has 0 unspecified atom stereocenters. The average Bonchev–Trinajstić information content (AvgIpc) is 2.81. The van der Waals surface area contributed by atoms with Crippen LogP contribution in [0.3, 0.4) is 0 Å². The summed E-state index contributed by atoms with van der Waals surface area (Å²) in [6.07, 6.45) is 2.15. The highest BCUT2D eigenvalue weighted by Gasteiger charge is 2.14. The van der Waals surface area contributed by atoms with Gasteiger partial charge in [0.25, 0.3) is 0 Å². The van der Waals surface area contributed by atoms with Crippen molar-refractivity contribution in [1.29, 1.82) is 0 Å². The largest absolute Gasteiger partial charge is 0.459 e. The summed E-state index contributed by atoms with van der Waals surface area (Å²) in [4.78, 5) is 2.36. The molecular weight excluding hydrogens is 268 g/mol. The summed E-state index contributed by atoms with van der Waals surface area (Å²) < 4.78 is 6.01. The van der Waals surface area contributed by atoms with E-state index in [1.54, 1.807) is 0 Å². The number of furan rings is 1. The first kappa shape index (κ1) is 15.4. The molecule has 0 spiro atoms. The maximum atomic E-state index is 6.01. The second-order valence-corrected chi connectivity index (χ2v) is 6.00. The lowest BCUT2D eigenvalue weighted by Crippen LogP contribution is -2.22. The highest BCUT2D eigenvalue weighted by atomic mass is 32.2. The fraction of sp³-hybridized carbons (Fsp3) is 0.500. The molecule has 2 aromatic rings. The van der Waals surface area contributed by atoms with Gasteiger partial charge < -0.3 is 14.6 Å². The molecule has 1 aromatic carbocycles. The topological polar surface area (TPSA) is 28.4 Å². The van der Waals surface area contributed by atoms with Crippen LogP contribution in [0.1, 0.15) is 18.2 Å². The SMILES string of the molecule is CCNCc1oc2ccccc2c1CN(C)CCSC. The summed E-state index contributed by atoms with van der Waals surface area (Å²) in [7, 11) is 2.18. The van der Waals surface area contributed by atoms with E-state index in [2.05, 4.69) is 48.6 Å². The Balaban J connectivity index is 2.23. The number of rotatable bonds is 8. The molecule has 1 aromatic heterocycles. The van der Waals surface area contributed by atoms with E-state index in [-0.39, 0.29) is 0 Å². The van der Waals surface area contributed by atoms with E-state index in [4.69, 9.17) is 4.42 Å². The van der Waals surface area contributed by atoms with E-state index < -0.39 is 0 Å². The summed E-state index contributed by atoms with van der Waals surface area (Å²) in [5, 5.41) is 4.61. The van der Waals surface area contributed by atoms with Crippen LogP contribution >= 0.6 is 11.8 Å². The predicted octanol–water partition coefficient (Wildman–Crippen LogP) is 3.34. The number of hydrogen-bond donors (Lipinski definition) is 1. The van der Waals surface area contributed by atoms with E-state index in [0.717, 1.165) is 43.3 Å². The van der Waals surface area contributed by atoms with Crippen LogP contribution in [0.4, 0.5) is 0 Å². The Morgan fingerprint density at radius 2 is 2.10 bits per heavy atom. The third-order valence-electron chi connectivity index (χ3n) is 3.42. The number of thioether (sulfide) groups is 1. The molecule has 1 heterocycles. The molecule has 0 saturated carbocycles. The Morgan fingerprint density at radius 1 is 1.30 bits per heavy atom. The molecule has 0 aliphatic heterocycles. The highest BCUT2D eigenvalue weighted by Crippen LogP contribution is 2.27. The molecule has 0 aliphatic rings. The summed E-state index contributed by atoms with van der Waals surface area (Å²) in [6.45, 7) is 5.92. The minimum absolute atomic E-state index is 0.802. The van der Waals surface area contributed by atoms with Gasteiger partial charge in [0.15, 0.2) is 0 Å². The van der Waals surface area contributed by atoms with E-state index >= 15 is 0 Å². The van der Waals surface area contributed by atoms with E-state index in [1.165, 1.54) is 10.9 Å². The lowest BCUT2D eigenvalue weighted by atomic mass is 10.1. The van der Waals surface area contributed by atoms with E-state index in [9.17, 15) is 0 Å². The average molecular weight is 292 g/mol. The van der Waals surface area contributed by atoms with Gasteiger partial charge in [-0.2, -0.15) is 11.8 Å². The minimum atomic E-state index is 0.802. The van der Waals surface area contributed by atoms with Gasteiger partial charge in [0.05, 0.1) is 6.54 Å². The maximum Gasteiger partial charge on any atom is 0.134 e. The van der Waals surface area contributed by atoms with E-state index in [0.29, 0.717) is 0 Å². The minimum Gasteiger partial charge on any atom is -0.459 e. The zero-order valence-corrected chi connectivity index (χ0v) is 13.4. The zero-order chi connectivity index (χ0) is 14.4. The molecule has 0 fully saturated rings. The molecule has 20 heavy (non-hydrogen) atoms. The summed E-state index contributed by atoms with van der Waals surface area (Å²) >= 11 is 1.89. The van der Waals surface area contributed by atoms with Crippen LogP contribution in [0.5, 0.6) is 0 Å². The van der Waals surface area contributed by atoms with Gasteiger partial charge in [-0.3, -0.25) is 0 Å².